The van der Waals surface area contributed by atoms with Crippen molar-refractivity contribution in [1.29, 1.82) is 0 Å². The van der Waals surface area contributed by atoms with E-state index in [1.165, 1.54) is 5.69 Å². The molecule has 0 saturated heterocycles. The molecule has 6 nitrogen and oxygen atoms in total. The van der Waals surface area contributed by atoms with Crippen molar-refractivity contribution in [3.05, 3.63) is 42.0 Å². The molecule has 0 spiro atoms. The Morgan fingerprint density at radius 1 is 1.26 bits per heavy atom. The van der Waals surface area contributed by atoms with E-state index in [1.807, 2.05) is 39.6 Å². The van der Waals surface area contributed by atoms with Crippen molar-refractivity contribution < 1.29 is 4.79 Å². The number of likely N-dealkylation sites (N-methyl/N-ethyl adjacent to an activating group) is 1. The summed E-state index contributed by atoms with van der Waals surface area (Å²) >= 11 is 0. The van der Waals surface area contributed by atoms with E-state index in [-0.39, 0.29) is 18.0 Å². The number of carbonyl (C=O) groups is 1. The number of aliphatic imine (C=N–C) groups is 1. The van der Waals surface area contributed by atoms with Crippen LogP contribution < -0.4 is 15.5 Å². The van der Waals surface area contributed by atoms with E-state index < -0.39 is 0 Å². The molecule has 1 heterocycles. The van der Waals surface area contributed by atoms with Gasteiger partial charge in [-0.1, -0.05) is 24.3 Å². The van der Waals surface area contributed by atoms with E-state index in [2.05, 4.69) is 52.0 Å². The van der Waals surface area contributed by atoms with Gasteiger partial charge >= 0.3 is 0 Å². The van der Waals surface area contributed by atoms with Crippen molar-refractivity contribution in [2.75, 3.05) is 38.1 Å². The molecule has 1 aromatic rings. The second-order valence-electron chi connectivity index (χ2n) is 7.87. The summed E-state index contributed by atoms with van der Waals surface area (Å²) in [5, 5.41) is 6.25. The molecule has 0 radical (unpaired) electrons. The lowest BCUT2D eigenvalue weighted by Gasteiger charge is -2.25. The number of nitrogens with one attached hydrogen (secondary N) is 2. The van der Waals surface area contributed by atoms with Crippen LogP contribution in [0.5, 0.6) is 0 Å². The van der Waals surface area contributed by atoms with Gasteiger partial charge < -0.3 is 20.4 Å². The third-order valence-electron chi connectivity index (χ3n) is 4.10. The molecule has 0 saturated carbocycles. The Hall–Kier alpha value is -2.50. The maximum Gasteiger partial charge on any atom is 0.240 e. The number of hydrogen-bond acceptors (Lipinski definition) is 3. The number of nitrogens with zero attached hydrogens (tertiary/aromatic N) is 3. The molecule has 1 aliphatic rings. The van der Waals surface area contributed by atoms with Gasteiger partial charge in [-0.2, -0.15) is 0 Å². The second-order valence-corrected chi connectivity index (χ2v) is 7.87. The van der Waals surface area contributed by atoms with Gasteiger partial charge in [0.25, 0.3) is 0 Å². The summed E-state index contributed by atoms with van der Waals surface area (Å²) < 4.78 is 0. The molecule has 2 rings (SSSR count). The molecule has 6 heteroatoms. The highest BCUT2D eigenvalue weighted by Crippen LogP contribution is 2.19. The van der Waals surface area contributed by atoms with Crippen LogP contribution in [-0.2, 0) is 11.3 Å². The summed E-state index contributed by atoms with van der Waals surface area (Å²) in [5.74, 6) is 0.717. The Bertz CT molecular complexity index is 682. The molecular weight excluding hydrogens is 338 g/mol. The quantitative estimate of drug-likeness (QED) is 0.458. The van der Waals surface area contributed by atoms with Gasteiger partial charge in [-0.3, -0.25) is 4.79 Å². The zero-order valence-electron chi connectivity index (χ0n) is 17.2. The van der Waals surface area contributed by atoms with Crippen LogP contribution in [0.15, 0.2) is 41.4 Å². The number of rotatable bonds is 6. The molecule has 0 unspecified atom stereocenters. The van der Waals surface area contributed by atoms with Crippen molar-refractivity contribution in [3.8, 4) is 0 Å². The van der Waals surface area contributed by atoms with E-state index >= 15 is 0 Å². The summed E-state index contributed by atoms with van der Waals surface area (Å²) in [7, 11) is 1.88. The third-order valence-corrected chi connectivity index (χ3v) is 4.10. The topological polar surface area (TPSA) is 60.0 Å². The van der Waals surface area contributed by atoms with Gasteiger partial charge in [0.2, 0.25) is 5.91 Å². The van der Waals surface area contributed by atoms with Crippen molar-refractivity contribution >= 4 is 17.6 Å². The average molecular weight is 372 g/mol. The van der Waals surface area contributed by atoms with Gasteiger partial charge in [0, 0.05) is 37.9 Å². The van der Waals surface area contributed by atoms with Crippen molar-refractivity contribution in [3.63, 3.8) is 0 Å². The van der Waals surface area contributed by atoms with Crippen LogP contribution in [0.4, 0.5) is 5.69 Å². The maximum absolute atomic E-state index is 12.2. The first kappa shape index (κ1) is 20.8. The highest BCUT2D eigenvalue weighted by atomic mass is 16.2. The molecule has 0 atom stereocenters. The molecule has 0 fully saturated rings. The van der Waals surface area contributed by atoms with Crippen LogP contribution in [0.2, 0.25) is 0 Å². The van der Waals surface area contributed by atoms with Gasteiger partial charge in [-0.05, 0) is 45.4 Å². The second kappa shape index (κ2) is 9.44. The number of hydrogen-bond donors (Lipinski definition) is 2. The van der Waals surface area contributed by atoms with Crippen LogP contribution in [0.3, 0.4) is 0 Å². The van der Waals surface area contributed by atoms with E-state index in [4.69, 9.17) is 4.99 Å². The summed E-state index contributed by atoms with van der Waals surface area (Å²) in [6.45, 7) is 11.5. The Kier molecular flexibility index (Phi) is 7.28. The molecule has 0 bridgehead atoms. The van der Waals surface area contributed by atoms with E-state index in [0.717, 1.165) is 31.2 Å². The minimum Gasteiger partial charge on any atom is -0.364 e. The fourth-order valence-corrected chi connectivity index (χ4v) is 2.92. The number of benzene rings is 1. The molecule has 0 aromatic heterocycles. The van der Waals surface area contributed by atoms with Gasteiger partial charge in [-0.25, -0.2) is 4.99 Å². The molecule has 148 valence electrons. The zero-order valence-corrected chi connectivity index (χ0v) is 17.2. The van der Waals surface area contributed by atoms with Crippen LogP contribution in [0.25, 0.3) is 0 Å². The Morgan fingerprint density at radius 3 is 2.59 bits per heavy atom. The highest BCUT2D eigenvalue weighted by Gasteiger charge is 2.16. The molecular formula is C21H33N5O. The van der Waals surface area contributed by atoms with E-state index in [0.29, 0.717) is 6.54 Å². The summed E-state index contributed by atoms with van der Waals surface area (Å²) in [6, 6.07) is 8.49. The standard InChI is InChI=1S/C21H33N5O/c1-6-22-20(25(5)16-19(27)24-21(2,3)4)23-15-17-10-9-11-18(14-17)26-12-7-8-13-26/h7-11,14H,6,12-13,15-16H2,1-5H3,(H,22,23)(H,24,27). The van der Waals surface area contributed by atoms with Crippen LogP contribution in [0.1, 0.15) is 33.3 Å². The lowest BCUT2D eigenvalue weighted by Crippen LogP contribution is -2.48. The first-order valence-corrected chi connectivity index (χ1v) is 9.58. The van der Waals surface area contributed by atoms with Gasteiger partial charge in [0.1, 0.15) is 0 Å². The van der Waals surface area contributed by atoms with Gasteiger partial charge in [0.05, 0.1) is 13.1 Å². The molecule has 0 aliphatic carbocycles. The van der Waals surface area contributed by atoms with E-state index in [1.54, 1.807) is 0 Å². The summed E-state index contributed by atoms with van der Waals surface area (Å²) in [6.07, 6.45) is 4.37. The van der Waals surface area contributed by atoms with Gasteiger partial charge in [0.15, 0.2) is 5.96 Å². The largest absolute Gasteiger partial charge is 0.364 e. The molecule has 1 amide bonds. The number of amides is 1. The molecule has 1 aliphatic heterocycles. The fourth-order valence-electron chi connectivity index (χ4n) is 2.92. The predicted molar refractivity (Wildman–Crippen MR) is 113 cm³/mol. The number of anilines is 1. The number of guanidine groups is 1. The van der Waals surface area contributed by atoms with Crippen molar-refractivity contribution in [1.82, 2.24) is 15.5 Å². The number of carbonyl (C=O) groups excluding carboxylic acids is 1. The lowest BCUT2D eigenvalue weighted by molar-refractivity contribution is -0.122. The minimum absolute atomic E-state index is 0.0147. The molecule has 1 aromatic carbocycles. The van der Waals surface area contributed by atoms with Gasteiger partial charge in [-0.15, -0.1) is 0 Å². The normalized spacial score (nSPS) is 14.4. The first-order chi connectivity index (χ1) is 12.8. The minimum atomic E-state index is -0.238. The van der Waals surface area contributed by atoms with E-state index in [9.17, 15) is 4.79 Å². The monoisotopic (exact) mass is 371 g/mol. The van der Waals surface area contributed by atoms with Crippen molar-refractivity contribution in [2.45, 2.75) is 39.8 Å². The summed E-state index contributed by atoms with van der Waals surface area (Å²) in [4.78, 5) is 21.1. The van der Waals surface area contributed by atoms with Crippen LogP contribution in [0, 0.1) is 0 Å². The fraction of sp³-hybridized carbons (Fsp3) is 0.524. The predicted octanol–water partition coefficient (Wildman–Crippen LogP) is 2.37. The smallest absolute Gasteiger partial charge is 0.240 e. The molecule has 27 heavy (non-hydrogen) atoms. The summed E-state index contributed by atoms with van der Waals surface area (Å²) in [5.41, 5.74) is 2.14. The Balaban J connectivity index is 2.02. The first-order valence-electron chi connectivity index (χ1n) is 9.58. The maximum atomic E-state index is 12.2. The van der Waals surface area contributed by atoms with Crippen molar-refractivity contribution in [2.24, 2.45) is 4.99 Å². The molecule has 2 N–H and O–H groups in total. The average Bonchev–Trinajstić information content (AvgIpc) is 3.11. The van der Waals surface area contributed by atoms with Crippen LogP contribution >= 0.6 is 0 Å². The zero-order chi connectivity index (χ0) is 19.9. The van der Waals surface area contributed by atoms with Crippen LogP contribution in [-0.4, -0.2) is 55.5 Å². The lowest BCUT2D eigenvalue weighted by atomic mass is 10.1. The Labute approximate surface area is 163 Å². The highest BCUT2D eigenvalue weighted by molar-refractivity contribution is 5.86. The third kappa shape index (κ3) is 6.96. The Morgan fingerprint density at radius 2 is 1.96 bits per heavy atom. The SMILES string of the molecule is CCNC(=NCc1cccc(N2CC=CC2)c1)N(C)CC(=O)NC(C)(C)C.